The maximum Gasteiger partial charge on any atom is 0.416 e. The molecule has 3 rings (SSSR count). The summed E-state index contributed by atoms with van der Waals surface area (Å²) in [7, 11) is 0. The number of para-hydroxylation sites is 1. The van der Waals surface area contributed by atoms with Crippen LogP contribution in [0.3, 0.4) is 0 Å². The van der Waals surface area contributed by atoms with Crippen LogP contribution in [0.2, 0.25) is 5.02 Å². The molecule has 0 spiro atoms. The summed E-state index contributed by atoms with van der Waals surface area (Å²) in [4.78, 5) is 8.27. The quantitative estimate of drug-likeness (QED) is 0.722. The van der Waals surface area contributed by atoms with Gasteiger partial charge in [-0.1, -0.05) is 35.9 Å². The Morgan fingerprint density at radius 1 is 1.00 bits per heavy atom. The molecule has 0 saturated carbocycles. The molecule has 0 saturated heterocycles. The van der Waals surface area contributed by atoms with Crippen molar-refractivity contribution in [2.24, 2.45) is 0 Å². The summed E-state index contributed by atoms with van der Waals surface area (Å²) >= 11 is 6.09. The Morgan fingerprint density at radius 2 is 1.79 bits per heavy atom. The summed E-state index contributed by atoms with van der Waals surface area (Å²) in [6, 6.07) is 10.9. The van der Waals surface area contributed by atoms with Crippen molar-refractivity contribution in [2.45, 2.75) is 12.6 Å². The molecule has 0 bridgehead atoms. The third kappa shape index (κ3) is 3.43. The standard InChI is InChI=1S/C17H13ClF3N3/c18-14-7-3-5-12-15(14)23-10-24-16(12)22-9-8-11-4-1-2-6-13(11)17(19,20)21/h1-7,10H,8-9H2,(H,22,23,24). The highest BCUT2D eigenvalue weighted by atomic mass is 35.5. The van der Waals surface area contributed by atoms with Gasteiger partial charge in [0, 0.05) is 11.9 Å². The minimum absolute atomic E-state index is 0.224. The number of nitrogens with zero attached hydrogens (tertiary/aromatic N) is 2. The molecular weight excluding hydrogens is 339 g/mol. The first-order chi connectivity index (χ1) is 11.5. The number of aromatic nitrogens is 2. The predicted octanol–water partition coefficient (Wildman–Crippen LogP) is 4.96. The van der Waals surface area contributed by atoms with Gasteiger partial charge in [0.15, 0.2) is 0 Å². The predicted molar refractivity (Wildman–Crippen MR) is 88.2 cm³/mol. The fourth-order valence-electron chi connectivity index (χ4n) is 2.52. The average Bonchev–Trinajstić information content (AvgIpc) is 2.55. The van der Waals surface area contributed by atoms with Crippen LogP contribution in [0.15, 0.2) is 48.8 Å². The van der Waals surface area contributed by atoms with Crippen molar-refractivity contribution in [3.63, 3.8) is 0 Å². The van der Waals surface area contributed by atoms with Crippen molar-refractivity contribution in [3.05, 3.63) is 64.9 Å². The van der Waals surface area contributed by atoms with E-state index < -0.39 is 11.7 Å². The molecule has 0 aliphatic heterocycles. The number of nitrogens with one attached hydrogen (secondary N) is 1. The fraction of sp³-hybridized carbons (Fsp3) is 0.176. The molecule has 3 aromatic rings. The molecule has 0 aliphatic rings. The van der Waals surface area contributed by atoms with Crippen LogP contribution >= 0.6 is 11.6 Å². The number of benzene rings is 2. The minimum Gasteiger partial charge on any atom is -0.369 e. The largest absolute Gasteiger partial charge is 0.416 e. The average molecular weight is 352 g/mol. The summed E-state index contributed by atoms with van der Waals surface area (Å²) in [5, 5.41) is 4.30. The number of alkyl halides is 3. The van der Waals surface area contributed by atoms with Crippen LogP contribution in [-0.2, 0) is 12.6 Å². The number of anilines is 1. The van der Waals surface area contributed by atoms with Crippen molar-refractivity contribution >= 4 is 28.3 Å². The summed E-state index contributed by atoms with van der Waals surface area (Å²) in [6.07, 6.45) is -2.76. The van der Waals surface area contributed by atoms with E-state index in [4.69, 9.17) is 11.6 Å². The molecule has 7 heteroatoms. The number of hydrogen-bond acceptors (Lipinski definition) is 3. The summed E-state index contributed by atoms with van der Waals surface area (Å²) in [5.41, 5.74) is 0.239. The number of fused-ring (bicyclic) bond motifs is 1. The third-order valence-corrected chi connectivity index (χ3v) is 3.93. The van der Waals surface area contributed by atoms with Crippen LogP contribution in [-0.4, -0.2) is 16.5 Å². The molecular formula is C17H13ClF3N3. The van der Waals surface area contributed by atoms with Gasteiger partial charge in [-0.3, -0.25) is 0 Å². The highest BCUT2D eigenvalue weighted by Crippen LogP contribution is 2.32. The molecule has 0 amide bonds. The molecule has 0 fully saturated rings. The Bertz CT molecular complexity index is 865. The Kier molecular flexibility index (Phi) is 4.57. The number of hydrogen-bond donors (Lipinski definition) is 1. The zero-order chi connectivity index (χ0) is 17.2. The van der Waals surface area contributed by atoms with Gasteiger partial charge in [0.25, 0.3) is 0 Å². The highest BCUT2D eigenvalue weighted by Gasteiger charge is 2.32. The highest BCUT2D eigenvalue weighted by molar-refractivity contribution is 6.35. The van der Waals surface area contributed by atoms with Crippen LogP contribution in [0.25, 0.3) is 10.9 Å². The summed E-state index contributed by atoms with van der Waals surface area (Å²) in [5.74, 6) is 0.548. The van der Waals surface area contributed by atoms with Gasteiger partial charge in [-0.05, 0) is 30.2 Å². The van der Waals surface area contributed by atoms with E-state index in [0.717, 1.165) is 11.5 Å². The molecule has 2 aromatic carbocycles. The van der Waals surface area contributed by atoms with E-state index in [1.807, 2.05) is 6.07 Å². The van der Waals surface area contributed by atoms with Crippen molar-refractivity contribution in [3.8, 4) is 0 Å². The molecule has 3 nitrogen and oxygen atoms in total. The molecule has 0 atom stereocenters. The van der Waals surface area contributed by atoms with Crippen LogP contribution in [0.5, 0.6) is 0 Å². The zero-order valence-corrected chi connectivity index (χ0v) is 13.2. The van der Waals surface area contributed by atoms with E-state index in [-0.39, 0.29) is 12.0 Å². The van der Waals surface area contributed by atoms with Crippen LogP contribution in [0, 0.1) is 0 Å². The first kappa shape index (κ1) is 16.5. The first-order valence-corrected chi connectivity index (χ1v) is 7.63. The molecule has 124 valence electrons. The van der Waals surface area contributed by atoms with Gasteiger partial charge >= 0.3 is 6.18 Å². The smallest absolute Gasteiger partial charge is 0.369 e. The Balaban J connectivity index is 1.78. The molecule has 1 N–H and O–H groups in total. The lowest BCUT2D eigenvalue weighted by Gasteiger charge is -2.13. The first-order valence-electron chi connectivity index (χ1n) is 7.25. The van der Waals surface area contributed by atoms with E-state index in [9.17, 15) is 13.2 Å². The summed E-state index contributed by atoms with van der Waals surface area (Å²) < 4.78 is 39.0. The minimum atomic E-state index is -4.36. The van der Waals surface area contributed by atoms with Gasteiger partial charge in [0.1, 0.15) is 12.1 Å². The maximum atomic E-state index is 13.0. The van der Waals surface area contributed by atoms with E-state index in [1.54, 1.807) is 18.2 Å². The second-order valence-electron chi connectivity index (χ2n) is 5.19. The van der Waals surface area contributed by atoms with Gasteiger partial charge in [0.2, 0.25) is 0 Å². The van der Waals surface area contributed by atoms with Crippen LogP contribution in [0.1, 0.15) is 11.1 Å². The third-order valence-electron chi connectivity index (χ3n) is 3.63. The Labute approximate surface area is 141 Å². The lowest BCUT2D eigenvalue weighted by molar-refractivity contribution is -0.138. The van der Waals surface area contributed by atoms with Crippen LogP contribution < -0.4 is 5.32 Å². The second-order valence-corrected chi connectivity index (χ2v) is 5.60. The van der Waals surface area contributed by atoms with Gasteiger partial charge in [-0.2, -0.15) is 13.2 Å². The van der Waals surface area contributed by atoms with Gasteiger partial charge < -0.3 is 5.32 Å². The lowest BCUT2D eigenvalue weighted by Crippen LogP contribution is -2.13. The lowest BCUT2D eigenvalue weighted by atomic mass is 10.0. The van der Waals surface area contributed by atoms with E-state index >= 15 is 0 Å². The van der Waals surface area contributed by atoms with E-state index in [2.05, 4.69) is 15.3 Å². The number of halogens is 4. The topological polar surface area (TPSA) is 37.8 Å². The van der Waals surface area contributed by atoms with Crippen molar-refractivity contribution in [2.75, 3.05) is 11.9 Å². The monoisotopic (exact) mass is 351 g/mol. The van der Waals surface area contributed by atoms with E-state index in [0.29, 0.717) is 22.9 Å². The van der Waals surface area contributed by atoms with Gasteiger partial charge in [-0.25, -0.2) is 9.97 Å². The fourth-order valence-corrected chi connectivity index (χ4v) is 2.75. The summed E-state index contributed by atoms with van der Waals surface area (Å²) in [6.45, 7) is 0.311. The van der Waals surface area contributed by atoms with Crippen molar-refractivity contribution in [1.82, 2.24) is 9.97 Å². The Hall–Kier alpha value is -2.34. The number of rotatable bonds is 4. The van der Waals surface area contributed by atoms with Gasteiger partial charge in [-0.15, -0.1) is 0 Å². The maximum absolute atomic E-state index is 13.0. The molecule has 24 heavy (non-hydrogen) atoms. The molecule has 0 radical (unpaired) electrons. The van der Waals surface area contributed by atoms with Crippen molar-refractivity contribution in [1.29, 1.82) is 0 Å². The molecule has 0 unspecified atom stereocenters. The molecule has 1 heterocycles. The van der Waals surface area contributed by atoms with Crippen molar-refractivity contribution < 1.29 is 13.2 Å². The Morgan fingerprint density at radius 3 is 2.58 bits per heavy atom. The SMILES string of the molecule is FC(F)(F)c1ccccc1CCNc1ncnc2c(Cl)cccc12. The molecule has 0 aliphatic carbocycles. The second kappa shape index (κ2) is 6.65. The molecule has 1 aromatic heterocycles. The van der Waals surface area contributed by atoms with Gasteiger partial charge in [0.05, 0.1) is 16.1 Å². The normalized spacial score (nSPS) is 11.7. The zero-order valence-electron chi connectivity index (χ0n) is 12.4. The van der Waals surface area contributed by atoms with E-state index in [1.165, 1.54) is 18.5 Å². The van der Waals surface area contributed by atoms with Crippen LogP contribution in [0.4, 0.5) is 19.0 Å².